The summed E-state index contributed by atoms with van der Waals surface area (Å²) in [6, 6.07) is 0. The van der Waals surface area contributed by atoms with Gasteiger partial charge in [0.1, 0.15) is 22.3 Å². The van der Waals surface area contributed by atoms with Gasteiger partial charge in [0, 0.05) is 52.4 Å². The zero-order chi connectivity index (χ0) is 39.3. The SMILES string of the molecule is CCCC1(C)OC(=O)C(/C=C/C=C/C=C2C(=O)OC3(CCC4(CC3)OC(=O)C(=C/C=C/C=C/C3=C(O)OC(C)(CCC)OC3=O)C(=O)O4)OC2=O)=C(O)O1. The number of rotatable bonds is 10. The van der Waals surface area contributed by atoms with Crippen molar-refractivity contribution in [2.75, 3.05) is 0 Å². The third-order valence-corrected chi connectivity index (χ3v) is 8.82. The average molecular weight is 753 g/mol. The summed E-state index contributed by atoms with van der Waals surface area (Å²) in [5.41, 5.74) is -1.25. The van der Waals surface area contributed by atoms with Gasteiger partial charge in [0.15, 0.2) is 0 Å². The van der Waals surface area contributed by atoms with Gasteiger partial charge in [0.25, 0.3) is 35.0 Å². The Morgan fingerprint density at radius 3 is 1.11 bits per heavy atom. The van der Waals surface area contributed by atoms with Crippen molar-refractivity contribution in [3.05, 3.63) is 94.9 Å². The molecule has 16 heteroatoms. The maximum atomic E-state index is 12.8. The first kappa shape index (κ1) is 39.2. The Labute approximate surface area is 309 Å². The molecule has 2 unspecified atom stereocenters. The van der Waals surface area contributed by atoms with E-state index in [0.29, 0.717) is 25.7 Å². The van der Waals surface area contributed by atoms with Crippen LogP contribution in [0, 0.1) is 0 Å². The van der Waals surface area contributed by atoms with Crippen LogP contribution in [0.1, 0.15) is 79.1 Å². The molecule has 1 aliphatic carbocycles. The Morgan fingerprint density at radius 2 is 0.815 bits per heavy atom. The summed E-state index contributed by atoms with van der Waals surface area (Å²) >= 11 is 0. The highest BCUT2D eigenvalue weighted by Crippen LogP contribution is 2.45. The molecule has 2 saturated heterocycles. The normalized spacial score (nSPS) is 30.4. The molecule has 2 spiro atoms. The Kier molecular flexibility index (Phi) is 11.2. The highest BCUT2D eigenvalue weighted by Gasteiger charge is 2.56. The third-order valence-electron chi connectivity index (χ3n) is 8.82. The van der Waals surface area contributed by atoms with Gasteiger partial charge in [0.05, 0.1) is 0 Å². The van der Waals surface area contributed by atoms with E-state index in [9.17, 15) is 39.0 Å². The third kappa shape index (κ3) is 8.59. The molecular formula is C38H40O16. The van der Waals surface area contributed by atoms with Crippen LogP contribution >= 0.6 is 0 Å². The van der Waals surface area contributed by atoms with Gasteiger partial charge in [-0.3, -0.25) is 0 Å². The Balaban J connectivity index is 1.13. The van der Waals surface area contributed by atoms with Crippen molar-refractivity contribution in [3.8, 4) is 0 Å². The molecule has 0 bridgehead atoms. The van der Waals surface area contributed by atoms with E-state index in [2.05, 4.69) is 0 Å². The first-order valence-electron chi connectivity index (χ1n) is 17.3. The first-order valence-corrected chi connectivity index (χ1v) is 17.3. The summed E-state index contributed by atoms with van der Waals surface area (Å²) in [4.78, 5) is 76.0. The maximum absolute atomic E-state index is 12.8. The number of hydrogen-bond donors (Lipinski definition) is 2. The van der Waals surface area contributed by atoms with Crippen LogP contribution in [0.25, 0.3) is 0 Å². The molecule has 5 rings (SSSR count). The van der Waals surface area contributed by atoms with E-state index in [-0.39, 0.29) is 36.8 Å². The molecule has 54 heavy (non-hydrogen) atoms. The van der Waals surface area contributed by atoms with Crippen molar-refractivity contribution in [2.24, 2.45) is 0 Å². The fraction of sp³-hybridized carbons (Fsp3) is 0.421. The molecule has 16 nitrogen and oxygen atoms in total. The molecule has 0 radical (unpaired) electrons. The Bertz CT molecular complexity index is 1680. The maximum Gasteiger partial charge on any atom is 0.348 e. The van der Waals surface area contributed by atoms with Crippen molar-refractivity contribution in [3.63, 3.8) is 0 Å². The Hall–Kier alpha value is -6.06. The number of carbonyl (C=O) groups excluding carboxylic acids is 6. The summed E-state index contributed by atoms with van der Waals surface area (Å²) in [5, 5.41) is 20.3. The lowest BCUT2D eigenvalue weighted by atomic mass is 9.87. The van der Waals surface area contributed by atoms with Crippen molar-refractivity contribution < 1.29 is 76.9 Å². The van der Waals surface area contributed by atoms with E-state index in [1.54, 1.807) is 0 Å². The summed E-state index contributed by atoms with van der Waals surface area (Å²) in [6.07, 6.45) is 14.4. The highest BCUT2D eigenvalue weighted by atomic mass is 16.8. The zero-order valence-electron chi connectivity index (χ0n) is 30.0. The number of hydrogen-bond acceptors (Lipinski definition) is 16. The standard InChI is InChI=1S/C38H40O16/c1-5-17-35(3)47-27(39)23(28(40)48-35)13-9-7-11-15-25-31(43)51-37(52-32(25)44)19-21-38(22-20-37)53-33(45)26(34(46)54-38)16-12-8-10-14-24-29(41)49-36(4,18-6-2)50-30(24)42/h7-16,39,41H,5-6,17-22H2,1-4H3/b11-7+,12-8+,13-9+,14-10+,25-15?,26-16?. The molecule has 5 aliphatic rings. The van der Waals surface area contributed by atoms with Gasteiger partial charge in [-0.2, -0.15) is 0 Å². The van der Waals surface area contributed by atoms with Crippen molar-refractivity contribution in [2.45, 2.75) is 102 Å². The minimum atomic E-state index is -1.67. The minimum Gasteiger partial charge on any atom is -0.480 e. The van der Waals surface area contributed by atoms with E-state index >= 15 is 0 Å². The first-order chi connectivity index (χ1) is 25.5. The monoisotopic (exact) mass is 752 g/mol. The van der Waals surface area contributed by atoms with Gasteiger partial charge in [0.2, 0.25) is 0 Å². The minimum absolute atomic E-state index is 0.138. The smallest absolute Gasteiger partial charge is 0.348 e. The molecule has 0 aromatic carbocycles. The van der Waals surface area contributed by atoms with E-state index in [1.165, 1.54) is 62.5 Å². The lowest BCUT2D eigenvalue weighted by Gasteiger charge is -2.45. The van der Waals surface area contributed by atoms with Crippen molar-refractivity contribution >= 4 is 35.8 Å². The van der Waals surface area contributed by atoms with E-state index < -0.39 is 82.0 Å². The molecule has 3 fully saturated rings. The lowest BCUT2D eigenvalue weighted by molar-refractivity contribution is -0.291. The summed E-state index contributed by atoms with van der Waals surface area (Å²) < 4.78 is 43.2. The molecule has 2 atom stereocenters. The highest BCUT2D eigenvalue weighted by molar-refractivity contribution is 6.16. The van der Waals surface area contributed by atoms with Gasteiger partial charge in [-0.25, -0.2) is 28.8 Å². The van der Waals surface area contributed by atoms with Crippen LogP contribution in [0.2, 0.25) is 0 Å². The Morgan fingerprint density at radius 1 is 0.481 bits per heavy atom. The fourth-order valence-electron chi connectivity index (χ4n) is 6.16. The summed E-state index contributed by atoms with van der Waals surface area (Å²) in [5.74, 6) is -12.5. The van der Waals surface area contributed by atoms with Crippen LogP contribution in [0.15, 0.2) is 94.9 Å². The van der Waals surface area contributed by atoms with Crippen molar-refractivity contribution in [1.82, 2.24) is 0 Å². The quantitative estimate of drug-likeness (QED) is 0.0992. The number of aliphatic hydroxyl groups is 2. The van der Waals surface area contributed by atoms with Gasteiger partial charge >= 0.3 is 35.8 Å². The van der Waals surface area contributed by atoms with Gasteiger partial charge < -0.3 is 48.1 Å². The molecule has 0 amide bonds. The van der Waals surface area contributed by atoms with Crippen LogP contribution in [-0.2, 0) is 66.7 Å². The van der Waals surface area contributed by atoms with E-state index in [4.69, 9.17) is 37.9 Å². The average Bonchev–Trinajstić information content (AvgIpc) is 3.06. The van der Waals surface area contributed by atoms with Gasteiger partial charge in [-0.1, -0.05) is 50.3 Å². The number of allylic oxidation sites excluding steroid dienone is 8. The molecule has 2 N–H and O–H groups in total. The zero-order valence-corrected chi connectivity index (χ0v) is 30.0. The largest absolute Gasteiger partial charge is 0.480 e. The predicted octanol–water partition coefficient (Wildman–Crippen LogP) is 4.95. The molecule has 1 saturated carbocycles. The van der Waals surface area contributed by atoms with Crippen LogP contribution in [0.4, 0.5) is 0 Å². The summed E-state index contributed by atoms with van der Waals surface area (Å²) in [7, 11) is 0. The number of esters is 6. The van der Waals surface area contributed by atoms with E-state index in [0.717, 1.165) is 12.2 Å². The van der Waals surface area contributed by atoms with Gasteiger partial charge in [-0.05, 0) is 37.1 Å². The topological polar surface area (TPSA) is 217 Å². The van der Waals surface area contributed by atoms with Crippen LogP contribution in [0.3, 0.4) is 0 Å². The second-order valence-corrected chi connectivity index (χ2v) is 13.2. The lowest BCUT2D eigenvalue weighted by Crippen LogP contribution is -2.56. The van der Waals surface area contributed by atoms with Crippen LogP contribution in [-0.4, -0.2) is 69.2 Å². The molecular weight excluding hydrogens is 712 g/mol. The van der Waals surface area contributed by atoms with Gasteiger partial charge in [-0.15, -0.1) is 0 Å². The fourth-order valence-corrected chi connectivity index (χ4v) is 6.16. The number of carbonyl (C=O) groups is 6. The molecule has 4 heterocycles. The molecule has 0 aromatic heterocycles. The number of aliphatic hydroxyl groups excluding tert-OH is 2. The second-order valence-electron chi connectivity index (χ2n) is 13.2. The van der Waals surface area contributed by atoms with E-state index in [1.807, 2.05) is 13.8 Å². The summed E-state index contributed by atoms with van der Waals surface area (Å²) in [6.45, 7) is 6.82. The predicted molar refractivity (Wildman–Crippen MR) is 181 cm³/mol. The number of cyclic esters (lactones) is 2. The molecule has 288 valence electrons. The van der Waals surface area contributed by atoms with Crippen LogP contribution in [0.5, 0.6) is 0 Å². The molecule has 0 aromatic rings. The molecule has 4 aliphatic heterocycles. The van der Waals surface area contributed by atoms with Crippen LogP contribution < -0.4 is 0 Å². The number of ether oxygens (including phenoxy) is 8. The van der Waals surface area contributed by atoms with Crippen molar-refractivity contribution in [1.29, 1.82) is 0 Å². The second kappa shape index (κ2) is 15.5.